The molecule has 0 saturated heterocycles. The van der Waals surface area contributed by atoms with E-state index in [9.17, 15) is 5.11 Å². The highest BCUT2D eigenvalue weighted by molar-refractivity contribution is 6.31. The Kier molecular flexibility index (Phi) is 7.92. The van der Waals surface area contributed by atoms with Gasteiger partial charge in [0.25, 0.3) is 0 Å². The lowest BCUT2D eigenvalue weighted by Gasteiger charge is -2.14. The molecule has 0 bridgehead atoms. The fourth-order valence-corrected chi connectivity index (χ4v) is 1.74. The molecule has 0 aliphatic rings. The maximum Gasteiger partial charge on any atom is 0.0945 e. The van der Waals surface area contributed by atoms with E-state index in [4.69, 9.17) is 21.1 Å². The van der Waals surface area contributed by atoms with E-state index in [1.54, 1.807) is 0 Å². The number of nitrogens with one attached hydrogen (secondary N) is 1. The molecule has 0 heterocycles. The van der Waals surface area contributed by atoms with Crippen molar-refractivity contribution in [1.82, 2.24) is 0 Å². The minimum Gasteiger partial charge on any atom is -0.389 e. The molecule has 1 aromatic rings. The first kappa shape index (κ1) is 17.2. The molecule has 0 amide bonds. The zero-order valence-corrected chi connectivity index (χ0v) is 13.1. The summed E-state index contributed by atoms with van der Waals surface area (Å²) in [6.45, 7) is 7.65. The van der Waals surface area contributed by atoms with Crippen LogP contribution in [0, 0.1) is 6.92 Å². The van der Waals surface area contributed by atoms with E-state index in [1.807, 2.05) is 39.0 Å². The Morgan fingerprint density at radius 3 is 2.70 bits per heavy atom. The van der Waals surface area contributed by atoms with Crippen LogP contribution in [0.1, 0.15) is 19.4 Å². The van der Waals surface area contributed by atoms with Crippen molar-refractivity contribution in [3.05, 3.63) is 28.8 Å². The van der Waals surface area contributed by atoms with Crippen molar-refractivity contribution in [2.24, 2.45) is 0 Å². The first-order valence-corrected chi connectivity index (χ1v) is 7.24. The third kappa shape index (κ3) is 7.10. The Bertz CT molecular complexity index is 399. The van der Waals surface area contributed by atoms with Gasteiger partial charge in [0, 0.05) is 17.3 Å². The summed E-state index contributed by atoms with van der Waals surface area (Å²) in [7, 11) is 0. The Hall–Kier alpha value is -0.810. The molecule has 5 heteroatoms. The van der Waals surface area contributed by atoms with Crippen LogP contribution in [-0.4, -0.2) is 43.7 Å². The molecule has 1 aromatic carbocycles. The second-order valence-electron chi connectivity index (χ2n) is 4.99. The quantitative estimate of drug-likeness (QED) is 0.689. The molecular weight excluding hydrogens is 278 g/mol. The van der Waals surface area contributed by atoms with Gasteiger partial charge in [-0.05, 0) is 38.5 Å². The molecule has 20 heavy (non-hydrogen) atoms. The second kappa shape index (κ2) is 9.19. The van der Waals surface area contributed by atoms with Gasteiger partial charge in [0.1, 0.15) is 0 Å². The molecule has 0 aliphatic heterocycles. The van der Waals surface area contributed by atoms with E-state index in [-0.39, 0.29) is 12.7 Å². The van der Waals surface area contributed by atoms with Crippen molar-refractivity contribution in [3.63, 3.8) is 0 Å². The van der Waals surface area contributed by atoms with Gasteiger partial charge in [-0.2, -0.15) is 0 Å². The number of halogens is 1. The zero-order chi connectivity index (χ0) is 15.0. The van der Waals surface area contributed by atoms with E-state index < -0.39 is 6.10 Å². The van der Waals surface area contributed by atoms with E-state index >= 15 is 0 Å². The van der Waals surface area contributed by atoms with Gasteiger partial charge in [-0.15, -0.1) is 0 Å². The van der Waals surface area contributed by atoms with Gasteiger partial charge in [-0.1, -0.05) is 17.7 Å². The van der Waals surface area contributed by atoms with Crippen molar-refractivity contribution in [2.75, 3.05) is 31.7 Å². The monoisotopic (exact) mass is 301 g/mol. The summed E-state index contributed by atoms with van der Waals surface area (Å²) >= 11 is 6.03. The number of aliphatic hydroxyl groups is 1. The van der Waals surface area contributed by atoms with Gasteiger partial charge in [-0.3, -0.25) is 0 Å². The topological polar surface area (TPSA) is 50.7 Å². The predicted molar refractivity (Wildman–Crippen MR) is 82.6 cm³/mol. The van der Waals surface area contributed by atoms with Crippen LogP contribution in [-0.2, 0) is 9.47 Å². The van der Waals surface area contributed by atoms with Crippen LogP contribution in [0.15, 0.2) is 18.2 Å². The lowest BCUT2D eigenvalue weighted by atomic mass is 10.2. The highest BCUT2D eigenvalue weighted by Crippen LogP contribution is 2.19. The fourth-order valence-electron chi connectivity index (χ4n) is 1.56. The molecule has 114 valence electrons. The number of ether oxygens (including phenoxy) is 2. The largest absolute Gasteiger partial charge is 0.389 e. The van der Waals surface area contributed by atoms with E-state index in [1.165, 1.54) is 0 Å². The van der Waals surface area contributed by atoms with Gasteiger partial charge in [0.2, 0.25) is 0 Å². The highest BCUT2D eigenvalue weighted by atomic mass is 35.5. The molecule has 0 aromatic heterocycles. The number of rotatable bonds is 9. The SMILES string of the molecule is Cc1ccc(NCC(O)COCCOC(C)C)cc1Cl. The molecular formula is C15H24ClNO3. The Balaban J connectivity index is 2.16. The molecule has 0 spiro atoms. The number of benzene rings is 1. The van der Waals surface area contributed by atoms with E-state index in [0.29, 0.717) is 24.8 Å². The molecule has 1 rings (SSSR count). The zero-order valence-electron chi connectivity index (χ0n) is 12.4. The number of anilines is 1. The lowest BCUT2D eigenvalue weighted by molar-refractivity contribution is -0.00734. The van der Waals surface area contributed by atoms with Crippen LogP contribution in [0.2, 0.25) is 5.02 Å². The van der Waals surface area contributed by atoms with Crippen molar-refractivity contribution >= 4 is 17.3 Å². The van der Waals surface area contributed by atoms with Gasteiger partial charge in [-0.25, -0.2) is 0 Å². The second-order valence-corrected chi connectivity index (χ2v) is 5.40. The fraction of sp³-hybridized carbons (Fsp3) is 0.600. The predicted octanol–water partition coefficient (Wildman–Crippen LogP) is 2.86. The first-order chi connectivity index (χ1) is 9.49. The number of aryl methyl sites for hydroxylation is 1. The molecule has 0 fully saturated rings. The Morgan fingerprint density at radius 2 is 2.05 bits per heavy atom. The average Bonchev–Trinajstić information content (AvgIpc) is 2.39. The van der Waals surface area contributed by atoms with Gasteiger partial charge in [0.05, 0.1) is 32.0 Å². The highest BCUT2D eigenvalue weighted by Gasteiger charge is 2.05. The minimum atomic E-state index is -0.561. The average molecular weight is 302 g/mol. The minimum absolute atomic E-state index is 0.205. The summed E-state index contributed by atoms with van der Waals surface area (Å²) in [6.07, 6.45) is -0.356. The van der Waals surface area contributed by atoms with Crippen molar-refractivity contribution in [1.29, 1.82) is 0 Å². The van der Waals surface area contributed by atoms with Gasteiger partial charge >= 0.3 is 0 Å². The molecule has 0 radical (unpaired) electrons. The third-order valence-corrected chi connectivity index (χ3v) is 3.11. The third-order valence-electron chi connectivity index (χ3n) is 2.70. The smallest absolute Gasteiger partial charge is 0.0945 e. The van der Waals surface area contributed by atoms with E-state index in [2.05, 4.69) is 5.32 Å². The molecule has 2 N–H and O–H groups in total. The molecule has 1 unspecified atom stereocenters. The summed E-state index contributed by atoms with van der Waals surface area (Å²) in [5.74, 6) is 0. The molecule has 4 nitrogen and oxygen atoms in total. The summed E-state index contributed by atoms with van der Waals surface area (Å²) in [5.41, 5.74) is 1.93. The van der Waals surface area contributed by atoms with Crippen LogP contribution in [0.25, 0.3) is 0 Å². The molecule has 0 aliphatic carbocycles. The van der Waals surface area contributed by atoms with Crippen LogP contribution < -0.4 is 5.32 Å². The van der Waals surface area contributed by atoms with Crippen LogP contribution in [0.5, 0.6) is 0 Å². The normalized spacial score (nSPS) is 12.7. The van der Waals surface area contributed by atoms with Crippen molar-refractivity contribution in [2.45, 2.75) is 33.0 Å². The maximum absolute atomic E-state index is 9.78. The van der Waals surface area contributed by atoms with Crippen LogP contribution in [0.4, 0.5) is 5.69 Å². The number of hydrogen-bond donors (Lipinski definition) is 2. The lowest BCUT2D eigenvalue weighted by Crippen LogP contribution is -2.25. The molecule has 0 saturated carbocycles. The Morgan fingerprint density at radius 1 is 1.30 bits per heavy atom. The Labute approximate surface area is 126 Å². The van der Waals surface area contributed by atoms with E-state index in [0.717, 1.165) is 11.3 Å². The summed E-state index contributed by atoms with van der Waals surface area (Å²) in [5, 5.41) is 13.6. The van der Waals surface area contributed by atoms with Crippen molar-refractivity contribution in [3.8, 4) is 0 Å². The number of hydrogen-bond acceptors (Lipinski definition) is 4. The summed E-state index contributed by atoms with van der Waals surface area (Å²) in [6, 6.07) is 5.73. The summed E-state index contributed by atoms with van der Waals surface area (Å²) < 4.78 is 10.7. The summed E-state index contributed by atoms with van der Waals surface area (Å²) in [4.78, 5) is 0. The van der Waals surface area contributed by atoms with Gasteiger partial charge < -0.3 is 19.9 Å². The standard InChI is InChI=1S/C15H24ClNO3/c1-11(2)20-7-6-19-10-14(18)9-17-13-5-4-12(3)15(16)8-13/h4-5,8,11,14,17-18H,6-7,9-10H2,1-3H3. The maximum atomic E-state index is 9.78. The van der Waals surface area contributed by atoms with Crippen molar-refractivity contribution < 1.29 is 14.6 Å². The first-order valence-electron chi connectivity index (χ1n) is 6.86. The molecule has 1 atom stereocenters. The van der Waals surface area contributed by atoms with Crippen LogP contribution >= 0.6 is 11.6 Å². The number of aliphatic hydroxyl groups excluding tert-OH is 1. The van der Waals surface area contributed by atoms with Gasteiger partial charge in [0.15, 0.2) is 0 Å². The van der Waals surface area contributed by atoms with Crippen LogP contribution in [0.3, 0.4) is 0 Å².